The predicted octanol–water partition coefficient (Wildman–Crippen LogP) is 4.19. The van der Waals surface area contributed by atoms with Gasteiger partial charge in [-0.05, 0) is 17.5 Å². The lowest BCUT2D eigenvalue weighted by atomic mass is 10.1. The highest BCUT2D eigenvalue weighted by Crippen LogP contribution is 2.26. The van der Waals surface area contributed by atoms with E-state index in [0.717, 1.165) is 21.5 Å². The normalized spacial score (nSPS) is 10.6. The number of nitrogens with zero attached hydrogens (tertiary/aromatic N) is 1. The highest BCUT2D eigenvalue weighted by atomic mass is 32.1. The SMILES string of the molecule is Sc1ccccc1-c1cc2ccccc2cn1. The van der Waals surface area contributed by atoms with Crippen LogP contribution in [-0.2, 0) is 0 Å². The lowest BCUT2D eigenvalue weighted by Crippen LogP contribution is -1.85. The Morgan fingerprint density at radius 1 is 0.824 bits per heavy atom. The molecular weight excluding hydrogens is 226 g/mol. The first kappa shape index (κ1) is 10.4. The molecular formula is C15H11NS. The summed E-state index contributed by atoms with van der Waals surface area (Å²) < 4.78 is 0. The van der Waals surface area contributed by atoms with Crippen LogP contribution in [0.25, 0.3) is 22.0 Å². The molecule has 2 aromatic carbocycles. The van der Waals surface area contributed by atoms with Gasteiger partial charge >= 0.3 is 0 Å². The van der Waals surface area contributed by atoms with Gasteiger partial charge in [0.05, 0.1) is 5.69 Å². The summed E-state index contributed by atoms with van der Waals surface area (Å²) in [6, 6.07) is 18.3. The topological polar surface area (TPSA) is 12.9 Å². The maximum absolute atomic E-state index is 4.49. The molecule has 0 aliphatic carbocycles. The minimum Gasteiger partial charge on any atom is -0.256 e. The van der Waals surface area contributed by atoms with E-state index in [2.05, 4.69) is 35.8 Å². The van der Waals surface area contributed by atoms with Crippen LogP contribution in [-0.4, -0.2) is 4.98 Å². The van der Waals surface area contributed by atoms with E-state index >= 15 is 0 Å². The Morgan fingerprint density at radius 2 is 1.53 bits per heavy atom. The molecule has 17 heavy (non-hydrogen) atoms. The first-order valence-electron chi connectivity index (χ1n) is 5.48. The van der Waals surface area contributed by atoms with Crippen LogP contribution in [0.4, 0.5) is 0 Å². The van der Waals surface area contributed by atoms with Gasteiger partial charge < -0.3 is 0 Å². The largest absolute Gasteiger partial charge is 0.256 e. The summed E-state index contributed by atoms with van der Waals surface area (Å²) in [5.74, 6) is 0. The summed E-state index contributed by atoms with van der Waals surface area (Å²) in [4.78, 5) is 5.44. The van der Waals surface area contributed by atoms with Crippen molar-refractivity contribution in [3.05, 3.63) is 60.8 Å². The number of rotatable bonds is 1. The summed E-state index contributed by atoms with van der Waals surface area (Å²) in [7, 11) is 0. The zero-order valence-corrected chi connectivity index (χ0v) is 10.1. The van der Waals surface area contributed by atoms with Gasteiger partial charge in [0.25, 0.3) is 0 Å². The van der Waals surface area contributed by atoms with Crippen LogP contribution in [0.15, 0.2) is 65.7 Å². The Bertz CT molecular complexity index is 676. The molecule has 0 atom stereocenters. The summed E-state index contributed by atoms with van der Waals surface area (Å²) >= 11 is 4.46. The van der Waals surface area contributed by atoms with Crippen molar-refractivity contribution in [2.24, 2.45) is 0 Å². The molecule has 0 N–H and O–H groups in total. The lowest BCUT2D eigenvalue weighted by Gasteiger charge is -2.05. The van der Waals surface area contributed by atoms with Gasteiger partial charge in [0.2, 0.25) is 0 Å². The van der Waals surface area contributed by atoms with Gasteiger partial charge in [-0.15, -0.1) is 12.6 Å². The zero-order valence-electron chi connectivity index (χ0n) is 9.17. The minimum atomic E-state index is 0.954. The Balaban J connectivity index is 2.22. The van der Waals surface area contributed by atoms with Gasteiger partial charge in [-0.1, -0.05) is 42.5 Å². The fraction of sp³-hybridized carbons (Fsp3) is 0. The van der Waals surface area contributed by atoms with Crippen LogP contribution in [0.3, 0.4) is 0 Å². The number of pyridine rings is 1. The van der Waals surface area contributed by atoms with Gasteiger partial charge in [0.15, 0.2) is 0 Å². The Morgan fingerprint density at radius 3 is 2.35 bits per heavy atom. The van der Waals surface area contributed by atoms with Gasteiger partial charge in [-0.2, -0.15) is 0 Å². The second kappa shape index (κ2) is 4.22. The van der Waals surface area contributed by atoms with E-state index in [1.807, 2.05) is 42.6 Å². The van der Waals surface area contributed by atoms with Crippen molar-refractivity contribution < 1.29 is 0 Å². The summed E-state index contributed by atoms with van der Waals surface area (Å²) in [6.07, 6.45) is 1.91. The standard InChI is InChI=1S/C15H11NS/c17-15-8-4-3-7-13(15)14-9-11-5-1-2-6-12(11)10-16-14/h1-10,17H. The fourth-order valence-corrected chi connectivity index (χ4v) is 2.20. The second-order valence-electron chi connectivity index (χ2n) is 3.93. The van der Waals surface area contributed by atoms with Gasteiger partial charge in [-0.3, -0.25) is 4.98 Å². The van der Waals surface area contributed by atoms with Crippen LogP contribution in [0, 0.1) is 0 Å². The number of hydrogen-bond donors (Lipinski definition) is 1. The molecule has 0 radical (unpaired) electrons. The van der Waals surface area contributed by atoms with E-state index in [1.165, 1.54) is 5.39 Å². The van der Waals surface area contributed by atoms with Crippen molar-refractivity contribution in [1.82, 2.24) is 4.98 Å². The average molecular weight is 237 g/mol. The van der Waals surface area contributed by atoms with Crippen LogP contribution in [0.2, 0.25) is 0 Å². The first-order chi connectivity index (χ1) is 8.34. The van der Waals surface area contributed by atoms with Crippen LogP contribution in [0.1, 0.15) is 0 Å². The van der Waals surface area contributed by atoms with Crippen LogP contribution in [0.5, 0.6) is 0 Å². The molecule has 3 rings (SSSR count). The quantitative estimate of drug-likeness (QED) is 0.626. The number of benzene rings is 2. The number of hydrogen-bond acceptors (Lipinski definition) is 2. The Kier molecular flexibility index (Phi) is 2.57. The van der Waals surface area contributed by atoms with Crippen molar-refractivity contribution in [2.45, 2.75) is 4.90 Å². The third-order valence-corrected chi connectivity index (χ3v) is 3.20. The average Bonchev–Trinajstić information content (AvgIpc) is 2.39. The van der Waals surface area contributed by atoms with Gasteiger partial charge in [0, 0.05) is 22.0 Å². The number of fused-ring (bicyclic) bond motifs is 1. The molecule has 0 amide bonds. The van der Waals surface area contributed by atoms with E-state index in [9.17, 15) is 0 Å². The molecule has 2 heteroatoms. The van der Waals surface area contributed by atoms with E-state index in [1.54, 1.807) is 0 Å². The van der Waals surface area contributed by atoms with Crippen LogP contribution < -0.4 is 0 Å². The third-order valence-electron chi connectivity index (χ3n) is 2.81. The van der Waals surface area contributed by atoms with E-state index in [0.29, 0.717) is 0 Å². The number of aromatic nitrogens is 1. The molecule has 0 aliphatic rings. The molecule has 0 saturated carbocycles. The van der Waals surface area contributed by atoms with Crippen LogP contribution >= 0.6 is 12.6 Å². The summed E-state index contributed by atoms with van der Waals surface area (Å²) in [6.45, 7) is 0. The highest BCUT2D eigenvalue weighted by molar-refractivity contribution is 7.80. The smallest absolute Gasteiger partial charge is 0.0719 e. The monoisotopic (exact) mass is 237 g/mol. The van der Waals surface area contributed by atoms with Crippen molar-refractivity contribution >= 4 is 23.4 Å². The Hall–Kier alpha value is -1.80. The molecule has 1 heterocycles. The highest BCUT2D eigenvalue weighted by Gasteiger charge is 2.03. The molecule has 3 aromatic rings. The maximum Gasteiger partial charge on any atom is 0.0719 e. The van der Waals surface area contributed by atoms with Crippen molar-refractivity contribution in [1.29, 1.82) is 0 Å². The molecule has 0 saturated heterocycles. The first-order valence-corrected chi connectivity index (χ1v) is 5.92. The Labute approximate surface area is 106 Å². The number of thiol groups is 1. The molecule has 82 valence electrons. The molecule has 1 aromatic heterocycles. The summed E-state index contributed by atoms with van der Waals surface area (Å²) in [5.41, 5.74) is 2.04. The summed E-state index contributed by atoms with van der Waals surface area (Å²) in [5, 5.41) is 2.36. The van der Waals surface area contributed by atoms with E-state index < -0.39 is 0 Å². The van der Waals surface area contributed by atoms with Crippen molar-refractivity contribution in [2.75, 3.05) is 0 Å². The third kappa shape index (κ3) is 1.92. The molecule has 0 unspecified atom stereocenters. The van der Waals surface area contributed by atoms with E-state index in [-0.39, 0.29) is 0 Å². The van der Waals surface area contributed by atoms with Gasteiger partial charge in [0.1, 0.15) is 0 Å². The molecule has 0 spiro atoms. The molecule has 0 bridgehead atoms. The molecule has 0 aliphatic heterocycles. The van der Waals surface area contributed by atoms with Crippen molar-refractivity contribution in [3.8, 4) is 11.3 Å². The maximum atomic E-state index is 4.49. The lowest BCUT2D eigenvalue weighted by molar-refractivity contribution is 1.32. The molecule has 1 nitrogen and oxygen atoms in total. The van der Waals surface area contributed by atoms with Gasteiger partial charge in [-0.25, -0.2) is 0 Å². The second-order valence-corrected chi connectivity index (χ2v) is 4.42. The molecule has 0 fully saturated rings. The minimum absolute atomic E-state index is 0.954. The predicted molar refractivity (Wildman–Crippen MR) is 74.4 cm³/mol. The fourth-order valence-electron chi connectivity index (χ4n) is 1.92. The zero-order chi connectivity index (χ0) is 11.7. The van der Waals surface area contributed by atoms with E-state index in [4.69, 9.17) is 0 Å². The van der Waals surface area contributed by atoms with Crippen molar-refractivity contribution in [3.63, 3.8) is 0 Å².